The number of hydrogen-bond donors (Lipinski definition) is 0. The van der Waals surface area contributed by atoms with Gasteiger partial charge in [-0.05, 0) is 19.3 Å². The van der Waals surface area contributed by atoms with Gasteiger partial charge in [0.1, 0.15) is 5.02 Å². The van der Waals surface area contributed by atoms with E-state index in [0.717, 1.165) is 19.3 Å². The maximum absolute atomic E-state index is 11.8. The van der Waals surface area contributed by atoms with Gasteiger partial charge in [0.2, 0.25) is 0 Å². The Bertz CT molecular complexity index is 453. The molecule has 0 fully saturated rings. The fourth-order valence-electron chi connectivity index (χ4n) is 1.69. The van der Waals surface area contributed by atoms with Crippen LogP contribution in [0.5, 0.6) is 0 Å². The molecule has 1 heterocycles. The second-order valence-corrected chi connectivity index (χ2v) is 4.22. The average molecular weight is 245 g/mol. The zero-order valence-corrected chi connectivity index (χ0v) is 9.50. The van der Waals surface area contributed by atoms with Crippen molar-refractivity contribution in [2.45, 2.75) is 25.3 Å². The van der Waals surface area contributed by atoms with Gasteiger partial charge < -0.3 is 0 Å². The van der Waals surface area contributed by atoms with Crippen molar-refractivity contribution in [3.05, 3.63) is 39.0 Å². The molecule has 1 aromatic rings. The van der Waals surface area contributed by atoms with Gasteiger partial charge in [-0.15, -0.1) is 0 Å². The summed E-state index contributed by atoms with van der Waals surface area (Å²) in [5.74, 6) is 0. The maximum atomic E-state index is 11.8. The van der Waals surface area contributed by atoms with Crippen molar-refractivity contribution in [2.24, 2.45) is 0 Å². The van der Waals surface area contributed by atoms with Crippen molar-refractivity contribution in [3.8, 4) is 0 Å². The Labute approximate surface area is 97.3 Å². The van der Waals surface area contributed by atoms with Crippen LogP contribution >= 0.6 is 23.2 Å². The van der Waals surface area contributed by atoms with Crippen LogP contribution in [-0.4, -0.2) is 9.55 Å². The van der Waals surface area contributed by atoms with Crippen LogP contribution in [0.25, 0.3) is 0 Å². The predicted molar refractivity (Wildman–Crippen MR) is 60.5 cm³/mol. The molecule has 1 aliphatic carbocycles. The topological polar surface area (TPSA) is 34.9 Å². The molecular formula is C10H10Cl2N2O. The minimum absolute atomic E-state index is 0.00172. The van der Waals surface area contributed by atoms with Gasteiger partial charge in [0.25, 0.3) is 5.56 Å². The third-order valence-corrected chi connectivity index (χ3v) is 3.21. The third-order valence-electron chi connectivity index (χ3n) is 2.49. The first-order chi connectivity index (χ1) is 7.20. The van der Waals surface area contributed by atoms with Gasteiger partial charge in [-0.3, -0.25) is 9.36 Å². The smallest absolute Gasteiger partial charge is 0.274 e. The van der Waals surface area contributed by atoms with Crippen LogP contribution in [0.1, 0.15) is 25.3 Å². The first-order valence-electron chi connectivity index (χ1n) is 4.79. The number of allylic oxidation sites excluding steroid dienone is 2. The van der Waals surface area contributed by atoms with E-state index in [4.69, 9.17) is 23.2 Å². The van der Waals surface area contributed by atoms with Gasteiger partial charge in [0.15, 0.2) is 5.15 Å². The molecule has 0 saturated heterocycles. The molecule has 2 rings (SSSR count). The molecule has 80 valence electrons. The van der Waals surface area contributed by atoms with E-state index in [1.807, 2.05) is 6.08 Å². The normalized spacial score (nSPS) is 20.5. The number of halogens is 2. The quantitative estimate of drug-likeness (QED) is 0.563. The molecule has 0 amide bonds. The zero-order chi connectivity index (χ0) is 10.8. The van der Waals surface area contributed by atoms with Crippen LogP contribution in [-0.2, 0) is 0 Å². The van der Waals surface area contributed by atoms with E-state index in [1.54, 1.807) is 0 Å². The molecule has 3 nitrogen and oxygen atoms in total. The summed E-state index contributed by atoms with van der Waals surface area (Å²) in [4.78, 5) is 15.6. The molecule has 0 bridgehead atoms. The lowest BCUT2D eigenvalue weighted by Crippen LogP contribution is -2.25. The average Bonchev–Trinajstić information content (AvgIpc) is 2.27. The highest BCUT2D eigenvalue weighted by atomic mass is 35.5. The monoisotopic (exact) mass is 244 g/mol. The maximum Gasteiger partial charge on any atom is 0.274 e. The molecule has 1 aromatic heterocycles. The summed E-state index contributed by atoms with van der Waals surface area (Å²) in [7, 11) is 0. The van der Waals surface area contributed by atoms with Crippen LogP contribution in [0, 0.1) is 0 Å². The molecule has 1 aliphatic rings. The lowest BCUT2D eigenvalue weighted by Gasteiger charge is -2.18. The van der Waals surface area contributed by atoms with Gasteiger partial charge in [-0.25, -0.2) is 4.98 Å². The van der Waals surface area contributed by atoms with E-state index < -0.39 is 0 Å². The third kappa shape index (κ3) is 2.08. The van der Waals surface area contributed by atoms with Crippen LogP contribution in [0.15, 0.2) is 23.3 Å². The van der Waals surface area contributed by atoms with E-state index >= 15 is 0 Å². The summed E-state index contributed by atoms with van der Waals surface area (Å²) in [6.45, 7) is 0. The molecule has 0 spiro atoms. The van der Waals surface area contributed by atoms with Crippen molar-refractivity contribution < 1.29 is 0 Å². The van der Waals surface area contributed by atoms with Gasteiger partial charge >= 0.3 is 0 Å². The number of aromatic nitrogens is 2. The SMILES string of the molecule is O=c1c(Cl)c(Cl)ncn1C1C=CCCC1. The molecule has 0 saturated carbocycles. The molecule has 5 heteroatoms. The van der Waals surface area contributed by atoms with Gasteiger partial charge in [-0.2, -0.15) is 0 Å². The molecular weight excluding hydrogens is 235 g/mol. The molecule has 1 unspecified atom stereocenters. The summed E-state index contributed by atoms with van der Waals surface area (Å²) in [6, 6.07) is 0.0634. The molecule has 0 aromatic carbocycles. The van der Waals surface area contributed by atoms with Gasteiger partial charge in [0.05, 0.1) is 12.4 Å². The highest BCUT2D eigenvalue weighted by Gasteiger charge is 2.15. The standard InChI is InChI=1S/C10H10Cl2N2O/c11-8-9(12)13-6-14(10(8)15)7-4-2-1-3-5-7/h2,4,6-7H,1,3,5H2. The number of nitrogens with zero attached hydrogens (tertiary/aromatic N) is 2. The lowest BCUT2D eigenvalue weighted by atomic mass is 10.0. The number of rotatable bonds is 1. The van der Waals surface area contributed by atoms with E-state index in [0.29, 0.717) is 0 Å². The highest BCUT2D eigenvalue weighted by molar-refractivity contribution is 6.40. The second-order valence-electron chi connectivity index (χ2n) is 3.49. The summed E-state index contributed by atoms with van der Waals surface area (Å²) < 4.78 is 1.53. The summed E-state index contributed by atoms with van der Waals surface area (Å²) in [5, 5.41) is 0.0656. The fourth-order valence-corrected chi connectivity index (χ4v) is 1.96. The Balaban J connectivity index is 2.45. The van der Waals surface area contributed by atoms with Crippen molar-refractivity contribution >= 4 is 23.2 Å². The molecule has 0 radical (unpaired) electrons. The zero-order valence-electron chi connectivity index (χ0n) is 7.99. The highest BCUT2D eigenvalue weighted by Crippen LogP contribution is 2.22. The Morgan fingerprint density at radius 3 is 2.93 bits per heavy atom. The predicted octanol–water partition coefficient (Wildman–Crippen LogP) is 2.83. The van der Waals surface area contributed by atoms with Crippen molar-refractivity contribution in [1.29, 1.82) is 0 Å². The molecule has 0 N–H and O–H groups in total. The van der Waals surface area contributed by atoms with Crippen molar-refractivity contribution in [3.63, 3.8) is 0 Å². The van der Waals surface area contributed by atoms with Crippen LogP contribution in [0.3, 0.4) is 0 Å². The first kappa shape index (κ1) is 10.7. The second kappa shape index (κ2) is 4.37. The molecule has 1 atom stereocenters. The van der Waals surface area contributed by atoms with E-state index in [-0.39, 0.29) is 21.8 Å². The number of hydrogen-bond acceptors (Lipinski definition) is 2. The first-order valence-corrected chi connectivity index (χ1v) is 5.54. The summed E-state index contributed by atoms with van der Waals surface area (Å²) in [6.07, 6.45) is 8.63. The summed E-state index contributed by atoms with van der Waals surface area (Å²) in [5.41, 5.74) is -0.270. The van der Waals surface area contributed by atoms with Crippen LogP contribution < -0.4 is 5.56 Å². The molecule has 0 aliphatic heterocycles. The lowest BCUT2D eigenvalue weighted by molar-refractivity contribution is 0.498. The van der Waals surface area contributed by atoms with Gasteiger partial charge in [-0.1, -0.05) is 35.4 Å². The van der Waals surface area contributed by atoms with Gasteiger partial charge in [0, 0.05) is 0 Å². The van der Waals surface area contributed by atoms with Crippen LogP contribution in [0.4, 0.5) is 0 Å². The summed E-state index contributed by atoms with van der Waals surface area (Å²) >= 11 is 11.4. The van der Waals surface area contributed by atoms with Crippen LogP contribution in [0.2, 0.25) is 10.2 Å². The van der Waals surface area contributed by atoms with Crippen molar-refractivity contribution in [2.75, 3.05) is 0 Å². The Morgan fingerprint density at radius 1 is 1.47 bits per heavy atom. The van der Waals surface area contributed by atoms with E-state index in [9.17, 15) is 4.79 Å². The minimum atomic E-state index is -0.270. The van der Waals surface area contributed by atoms with E-state index in [1.165, 1.54) is 10.9 Å². The minimum Gasteiger partial charge on any atom is -0.291 e. The Kier molecular flexibility index (Phi) is 3.12. The molecule has 15 heavy (non-hydrogen) atoms. The Hall–Kier alpha value is -0.800. The van der Waals surface area contributed by atoms with E-state index in [2.05, 4.69) is 11.1 Å². The largest absolute Gasteiger partial charge is 0.291 e. The van der Waals surface area contributed by atoms with Crippen molar-refractivity contribution in [1.82, 2.24) is 9.55 Å². The fraction of sp³-hybridized carbons (Fsp3) is 0.400. The Morgan fingerprint density at radius 2 is 2.27 bits per heavy atom.